The van der Waals surface area contributed by atoms with Gasteiger partial charge in [-0.1, -0.05) is 54.6 Å². The standard InChI is InChI=1S/C32H32FN3O/c1-24-8-6-12-29(22-24)36-25(2)30(23-31(36)27-13-15-28(33)16-14-27)32(37)35-20-18-34(19-21-35)17-7-11-26-9-4-3-5-10-26/h3-16,22-23H,17-21H2,1-2H3/b11-7+. The van der Waals surface area contributed by atoms with Gasteiger partial charge in [0.15, 0.2) is 0 Å². The number of carbonyl (C=O) groups excluding carboxylic acids is 1. The summed E-state index contributed by atoms with van der Waals surface area (Å²) in [7, 11) is 0. The third-order valence-electron chi connectivity index (χ3n) is 7.01. The van der Waals surface area contributed by atoms with Gasteiger partial charge in [-0.15, -0.1) is 0 Å². The molecule has 0 bridgehead atoms. The fourth-order valence-electron chi connectivity index (χ4n) is 4.96. The highest BCUT2D eigenvalue weighted by Crippen LogP contribution is 2.31. The molecule has 0 atom stereocenters. The minimum absolute atomic E-state index is 0.0479. The van der Waals surface area contributed by atoms with E-state index in [-0.39, 0.29) is 11.7 Å². The van der Waals surface area contributed by atoms with Crippen LogP contribution < -0.4 is 0 Å². The van der Waals surface area contributed by atoms with E-state index >= 15 is 0 Å². The van der Waals surface area contributed by atoms with Gasteiger partial charge in [0.1, 0.15) is 5.82 Å². The lowest BCUT2D eigenvalue weighted by Crippen LogP contribution is -2.48. The summed E-state index contributed by atoms with van der Waals surface area (Å²) in [5, 5.41) is 0. The minimum Gasteiger partial charge on any atom is -0.336 e. The maximum Gasteiger partial charge on any atom is 0.255 e. The number of piperazine rings is 1. The molecule has 5 rings (SSSR count). The van der Waals surface area contributed by atoms with Crippen LogP contribution in [-0.2, 0) is 0 Å². The van der Waals surface area contributed by atoms with E-state index in [1.54, 1.807) is 12.1 Å². The zero-order valence-electron chi connectivity index (χ0n) is 21.4. The highest BCUT2D eigenvalue weighted by atomic mass is 19.1. The first-order chi connectivity index (χ1) is 18.0. The molecule has 4 nitrogen and oxygen atoms in total. The van der Waals surface area contributed by atoms with Gasteiger partial charge in [0.05, 0.1) is 11.3 Å². The molecule has 1 aromatic heterocycles. The Labute approximate surface area is 218 Å². The molecule has 1 saturated heterocycles. The molecule has 0 spiro atoms. The van der Waals surface area contributed by atoms with Crippen LogP contribution in [0.2, 0.25) is 0 Å². The van der Waals surface area contributed by atoms with Gasteiger partial charge >= 0.3 is 0 Å². The molecule has 5 heteroatoms. The summed E-state index contributed by atoms with van der Waals surface area (Å²) < 4.78 is 15.8. The number of halogens is 1. The number of amides is 1. The topological polar surface area (TPSA) is 28.5 Å². The lowest BCUT2D eigenvalue weighted by Gasteiger charge is -2.34. The third-order valence-corrected chi connectivity index (χ3v) is 7.01. The van der Waals surface area contributed by atoms with E-state index in [1.165, 1.54) is 17.7 Å². The highest BCUT2D eigenvalue weighted by molar-refractivity contribution is 5.97. The molecule has 4 aromatic rings. The number of aromatic nitrogens is 1. The molecule has 37 heavy (non-hydrogen) atoms. The number of nitrogens with zero attached hydrogens (tertiary/aromatic N) is 3. The van der Waals surface area contributed by atoms with Crippen LogP contribution in [0, 0.1) is 19.7 Å². The van der Waals surface area contributed by atoms with Gasteiger partial charge in [0.25, 0.3) is 5.91 Å². The lowest BCUT2D eigenvalue weighted by molar-refractivity contribution is 0.0649. The predicted molar refractivity (Wildman–Crippen MR) is 148 cm³/mol. The molecule has 0 radical (unpaired) electrons. The summed E-state index contributed by atoms with van der Waals surface area (Å²) in [6.07, 6.45) is 4.33. The molecule has 0 N–H and O–H groups in total. The Bertz CT molecular complexity index is 1400. The maximum absolute atomic E-state index is 13.7. The van der Waals surface area contributed by atoms with Crippen molar-refractivity contribution in [1.29, 1.82) is 0 Å². The number of rotatable bonds is 6. The first kappa shape index (κ1) is 24.7. The van der Waals surface area contributed by atoms with Gasteiger partial charge in [-0.25, -0.2) is 4.39 Å². The van der Waals surface area contributed by atoms with E-state index in [2.05, 4.69) is 52.8 Å². The van der Waals surface area contributed by atoms with Crippen molar-refractivity contribution in [1.82, 2.24) is 14.4 Å². The summed E-state index contributed by atoms with van der Waals surface area (Å²) in [6.45, 7) is 7.99. The van der Waals surface area contributed by atoms with Crippen molar-refractivity contribution in [3.05, 3.63) is 119 Å². The van der Waals surface area contributed by atoms with Crippen LogP contribution in [0.1, 0.15) is 27.2 Å². The van der Waals surface area contributed by atoms with Crippen LogP contribution in [-0.4, -0.2) is 53.0 Å². The van der Waals surface area contributed by atoms with Crippen LogP contribution in [0.25, 0.3) is 23.0 Å². The van der Waals surface area contributed by atoms with Gasteiger partial charge < -0.3 is 9.47 Å². The van der Waals surface area contributed by atoms with Crippen molar-refractivity contribution in [3.8, 4) is 16.9 Å². The van der Waals surface area contributed by atoms with Crippen LogP contribution in [0.5, 0.6) is 0 Å². The smallest absolute Gasteiger partial charge is 0.255 e. The van der Waals surface area contributed by atoms with Crippen LogP contribution >= 0.6 is 0 Å². The number of carbonyl (C=O) groups is 1. The Hall–Kier alpha value is -3.96. The zero-order chi connectivity index (χ0) is 25.8. The Kier molecular flexibility index (Phi) is 7.33. The van der Waals surface area contributed by atoms with Crippen molar-refractivity contribution in [2.45, 2.75) is 13.8 Å². The molecule has 1 amide bonds. The molecular formula is C32H32FN3O. The Morgan fingerprint density at radius 1 is 0.865 bits per heavy atom. The van der Waals surface area contributed by atoms with Crippen molar-refractivity contribution >= 4 is 12.0 Å². The van der Waals surface area contributed by atoms with Crippen LogP contribution in [0.4, 0.5) is 4.39 Å². The number of aryl methyl sites for hydroxylation is 1. The predicted octanol–water partition coefficient (Wildman–Crippen LogP) is 6.37. The Morgan fingerprint density at radius 3 is 2.30 bits per heavy atom. The summed E-state index contributed by atoms with van der Waals surface area (Å²) in [4.78, 5) is 18.0. The fraction of sp³-hybridized carbons (Fsp3) is 0.219. The normalized spacial score (nSPS) is 14.4. The van der Waals surface area contributed by atoms with E-state index in [0.717, 1.165) is 47.8 Å². The SMILES string of the molecule is Cc1cccc(-n2c(-c3ccc(F)cc3)cc(C(=O)N3CCN(C/C=C/c4ccccc4)CC3)c2C)c1. The van der Waals surface area contributed by atoms with E-state index in [1.807, 2.05) is 48.2 Å². The monoisotopic (exact) mass is 493 g/mol. The quantitative estimate of drug-likeness (QED) is 0.312. The minimum atomic E-state index is -0.276. The first-order valence-corrected chi connectivity index (χ1v) is 12.8. The molecule has 0 saturated carbocycles. The second kappa shape index (κ2) is 11.0. The molecule has 1 aliphatic heterocycles. The highest BCUT2D eigenvalue weighted by Gasteiger charge is 2.26. The van der Waals surface area contributed by atoms with Crippen molar-refractivity contribution < 1.29 is 9.18 Å². The summed E-state index contributed by atoms with van der Waals surface area (Å²) >= 11 is 0. The average Bonchev–Trinajstić information content (AvgIpc) is 3.26. The van der Waals surface area contributed by atoms with Gasteiger partial charge in [0.2, 0.25) is 0 Å². The molecule has 0 aliphatic carbocycles. The molecule has 3 aromatic carbocycles. The zero-order valence-corrected chi connectivity index (χ0v) is 21.4. The molecular weight excluding hydrogens is 461 g/mol. The molecule has 1 aliphatic rings. The van der Waals surface area contributed by atoms with Crippen molar-refractivity contribution in [2.75, 3.05) is 32.7 Å². The van der Waals surface area contributed by atoms with E-state index < -0.39 is 0 Å². The molecule has 0 unspecified atom stereocenters. The van der Waals surface area contributed by atoms with E-state index in [4.69, 9.17) is 0 Å². The third kappa shape index (κ3) is 5.57. The van der Waals surface area contributed by atoms with Crippen molar-refractivity contribution in [3.63, 3.8) is 0 Å². The van der Waals surface area contributed by atoms with Gasteiger partial charge in [-0.2, -0.15) is 0 Å². The lowest BCUT2D eigenvalue weighted by atomic mass is 10.1. The van der Waals surface area contributed by atoms with E-state index in [0.29, 0.717) is 18.7 Å². The van der Waals surface area contributed by atoms with Gasteiger partial charge in [-0.3, -0.25) is 9.69 Å². The second-order valence-corrected chi connectivity index (χ2v) is 9.62. The van der Waals surface area contributed by atoms with Crippen LogP contribution in [0.15, 0.2) is 91.0 Å². The molecule has 188 valence electrons. The van der Waals surface area contributed by atoms with Gasteiger partial charge in [-0.05, 0) is 73.0 Å². The van der Waals surface area contributed by atoms with Crippen molar-refractivity contribution in [2.24, 2.45) is 0 Å². The van der Waals surface area contributed by atoms with Gasteiger partial charge in [0, 0.05) is 44.1 Å². The Balaban J connectivity index is 1.35. The first-order valence-electron chi connectivity index (χ1n) is 12.8. The maximum atomic E-state index is 13.7. The fourth-order valence-corrected chi connectivity index (χ4v) is 4.96. The number of hydrogen-bond donors (Lipinski definition) is 0. The summed E-state index contributed by atoms with van der Waals surface area (Å²) in [6, 6.07) is 27.0. The molecule has 2 heterocycles. The largest absolute Gasteiger partial charge is 0.336 e. The summed E-state index contributed by atoms with van der Waals surface area (Å²) in [5.41, 5.74) is 6.67. The second-order valence-electron chi connectivity index (χ2n) is 9.62. The average molecular weight is 494 g/mol. The Morgan fingerprint density at radius 2 is 1.59 bits per heavy atom. The number of hydrogen-bond acceptors (Lipinski definition) is 2. The number of benzene rings is 3. The molecule has 1 fully saturated rings. The van der Waals surface area contributed by atoms with E-state index in [9.17, 15) is 9.18 Å². The van der Waals surface area contributed by atoms with Crippen LogP contribution in [0.3, 0.4) is 0 Å². The summed E-state index contributed by atoms with van der Waals surface area (Å²) in [5.74, 6) is -0.228.